The molecule has 0 spiro atoms. The van der Waals surface area contributed by atoms with E-state index in [-0.39, 0.29) is 29.4 Å². The average molecular weight is 621 g/mol. The van der Waals surface area contributed by atoms with E-state index in [2.05, 4.69) is 31.9 Å². The maximum atomic E-state index is 13.6. The molecule has 0 radical (unpaired) electrons. The zero-order valence-corrected chi connectivity index (χ0v) is 21.9. The maximum absolute atomic E-state index is 13.6. The standard InChI is InChI=1S/C22H18Br2Cl2N2O5/c1-27-17(30)11-4-3-10-13(15(11)18(27)31)7-21(25)19(32)28(8-23)20(33)22(21,26)16(10)12-6-9(24)2-5-14(12)29/h2-3,5-6,11,13,15-16,29H,4,7-8H2,1H3/t11-,13+,15-,16+,21+,22-/m0/s1. The van der Waals surface area contributed by atoms with Gasteiger partial charge in [-0.1, -0.05) is 43.5 Å². The van der Waals surface area contributed by atoms with Crippen LogP contribution in [0.5, 0.6) is 5.75 Å². The molecule has 0 aromatic heterocycles. The number of fused-ring (bicyclic) bond motifs is 4. The molecule has 4 amide bonds. The third-order valence-electron chi connectivity index (χ3n) is 7.54. The van der Waals surface area contributed by atoms with Crippen molar-refractivity contribution in [3.05, 3.63) is 39.9 Å². The van der Waals surface area contributed by atoms with Crippen molar-refractivity contribution in [2.45, 2.75) is 28.5 Å². The Morgan fingerprint density at radius 3 is 2.48 bits per heavy atom. The molecule has 6 atom stereocenters. The Kier molecular flexibility index (Phi) is 5.33. The van der Waals surface area contributed by atoms with Gasteiger partial charge in [0.25, 0.3) is 11.8 Å². The van der Waals surface area contributed by atoms with Gasteiger partial charge >= 0.3 is 0 Å². The van der Waals surface area contributed by atoms with Crippen LogP contribution in [0.15, 0.2) is 34.3 Å². The summed E-state index contributed by atoms with van der Waals surface area (Å²) < 4.78 is 0.633. The summed E-state index contributed by atoms with van der Waals surface area (Å²) >= 11 is 20.7. The minimum absolute atomic E-state index is 0.0722. The molecule has 2 aliphatic carbocycles. The van der Waals surface area contributed by atoms with Gasteiger partial charge in [-0.05, 0) is 37.0 Å². The molecular formula is C22H18Br2Cl2N2O5. The lowest BCUT2D eigenvalue weighted by Crippen LogP contribution is -2.60. The molecule has 3 fully saturated rings. The van der Waals surface area contributed by atoms with Gasteiger partial charge < -0.3 is 5.11 Å². The lowest BCUT2D eigenvalue weighted by molar-refractivity contribution is -0.140. The van der Waals surface area contributed by atoms with Crippen LogP contribution in [0.2, 0.25) is 0 Å². The highest BCUT2D eigenvalue weighted by Gasteiger charge is 2.76. The SMILES string of the molecule is CN1C(=O)[C@H]2[C@H](CC=C3[C@H]2C[C@@]2(Cl)C(=O)N(CBr)C(=O)[C@@]2(Cl)[C@H]3c2cc(Br)ccc2O)C1=O. The average Bonchev–Trinajstić information content (AvgIpc) is 3.08. The lowest BCUT2D eigenvalue weighted by atomic mass is 9.56. The van der Waals surface area contributed by atoms with Gasteiger partial charge in [0, 0.05) is 23.0 Å². The molecule has 4 aliphatic rings. The summed E-state index contributed by atoms with van der Waals surface area (Å²) in [5.74, 6) is -4.90. The van der Waals surface area contributed by atoms with Crippen molar-refractivity contribution < 1.29 is 24.3 Å². The number of hydrogen-bond donors (Lipinski definition) is 1. The van der Waals surface area contributed by atoms with E-state index < -0.39 is 45.2 Å². The Morgan fingerprint density at radius 1 is 1.12 bits per heavy atom. The number of phenols is 1. The number of nitrogens with zero attached hydrogens (tertiary/aromatic N) is 2. The number of allylic oxidation sites excluding steroid dienone is 2. The first-order valence-corrected chi connectivity index (χ1v) is 13.0. The van der Waals surface area contributed by atoms with Crippen molar-refractivity contribution in [1.29, 1.82) is 0 Å². The topological polar surface area (TPSA) is 95.0 Å². The van der Waals surface area contributed by atoms with E-state index in [1.807, 2.05) is 6.08 Å². The summed E-state index contributed by atoms with van der Waals surface area (Å²) in [6.45, 7) is 0. The van der Waals surface area contributed by atoms with Crippen LogP contribution < -0.4 is 0 Å². The number of amides is 4. The number of likely N-dealkylation sites (tertiary alicyclic amines) is 2. The number of carbonyl (C=O) groups is 4. The molecule has 0 bridgehead atoms. The van der Waals surface area contributed by atoms with Crippen LogP contribution in [0.1, 0.15) is 24.3 Å². The van der Waals surface area contributed by atoms with Gasteiger partial charge in [0.1, 0.15) is 5.75 Å². The number of phenolic OH excluding ortho intramolecular Hbond substituents is 1. The third-order valence-corrected chi connectivity index (χ3v) is 9.94. The molecule has 0 unspecified atom stereocenters. The van der Waals surface area contributed by atoms with Gasteiger partial charge in [-0.15, -0.1) is 23.2 Å². The van der Waals surface area contributed by atoms with E-state index in [4.69, 9.17) is 23.2 Å². The Labute approximate surface area is 216 Å². The summed E-state index contributed by atoms with van der Waals surface area (Å²) in [6, 6.07) is 4.74. The number of benzene rings is 1. The van der Waals surface area contributed by atoms with Crippen molar-refractivity contribution in [1.82, 2.24) is 9.80 Å². The van der Waals surface area contributed by atoms with Gasteiger partial charge in [-0.25, -0.2) is 0 Å². The molecule has 1 aromatic carbocycles. The van der Waals surface area contributed by atoms with E-state index in [0.717, 1.165) is 9.80 Å². The fourth-order valence-electron chi connectivity index (χ4n) is 6.01. The molecule has 1 saturated carbocycles. The van der Waals surface area contributed by atoms with E-state index in [1.54, 1.807) is 12.1 Å². The normalized spacial score (nSPS) is 37.8. The van der Waals surface area contributed by atoms with Crippen molar-refractivity contribution >= 4 is 78.7 Å². The summed E-state index contributed by atoms with van der Waals surface area (Å²) in [6.07, 6.45) is 2.05. The van der Waals surface area contributed by atoms with Crippen molar-refractivity contribution in [3.8, 4) is 5.75 Å². The van der Waals surface area contributed by atoms with Crippen LogP contribution in [-0.4, -0.2) is 60.8 Å². The minimum atomic E-state index is -1.93. The first-order valence-electron chi connectivity index (χ1n) is 10.3. The molecule has 2 saturated heterocycles. The Hall–Kier alpha value is -1.42. The van der Waals surface area contributed by atoms with E-state index in [1.165, 1.54) is 13.1 Å². The van der Waals surface area contributed by atoms with Crippen molar-refractivity contribution in [2.75, 3.05) is 12.5 Å². The first kappa shape index (κ1) is 23.3. The van der Waals surface area contributed by atoms with Gasteiger partial charge in [0.15, 0.2) is 9.75 Å². The second-order valence-corrected chi connectivity index (χ2v) is 11.6. The minimum Gasteiger partial charge on any atom is -0.508 e. The smallest absolute Gasteiger partial charge is 0.254 e. The van der Waals surface area contributed by atoms with Crippen LogP contribution in [0, 0.1) is 17.8 Å². The maximum Gasteiger partial charge on any atom is 0.254 e. The van der Waals surface area contributed by atoms with Crippen molar-refractivity contribution in [2.24, 2.45) is 17.8 Å². The number of imide groups is 2. The molecular weight excluding hydrogens is 603 g/mol. The number of aromatic hydroxyl groups is 1. The van der Waals surface area contributed by atoms with E-state index in [0.29, 0.717) is 22.0 Å². The molecule has 1 aromatic rings. The van der Waals surface area contributed by atoms with Crippen LogP contribution in [0.4, 0.5) is 0 Å². The highest BCUT2D eigenvalue weighted by atomic mass is 79.9. The predicted octanol–water partition coefficient (Wildman–Crippen LogP) is 3.50. The third kappa shape index (κ3) is 2.79. The second kappa shape index (κ2) is 7.54. The predicted molar refractivity (Wildman–Crippen MR) is 127 cm³/mol. The monoisotopic (exact) mass is 618 g/mol. The number of alkyl halides is 3. The Balaban J connectivity index is 1.78. The van der Waals surface area contributed by atoms with E-state index >= 15 is 0 Å². The molecule has 7 nitrogen and oxygen atoms in total. The highest BCUT2D eigenvalue weighted by molar-refractivity contribution is 9.10. The Morgan fingerprint density at radius 2 is 1.82 bits per heavy atom. The largest absolute Gasteiger partial charge is 0.508 e. The fourth-order valence-corrected chi connectivity index (χ4v) is 7.81. The fraction of sp³-hybridized carbons (Fsp3) is 0.455. The number of hydrogen-bond acceptors (Lipinski definition) is 5. The molecule has 11 heteroatoms. The summed E-state index contributed by atoms with van der Waals surface area (Å²) in [5, 5.41) is 10.8. The molecule has 2 heterocycles. The van der Waals surface area contributed by atoms with Crippen LogP contribution in [-0.2, 0) is 19.2 Å². The summed E-state index contributed by atoms with van der Waals surface area (Å²) in [7, 11) is 1.45. The molecule has 5 rings (SSSR count). The molecule has 1 N–H and O–H groups in total. The van der Waals surface area contributed by atoms with Gasteiger partial charge in [-0.2, -0.15) is 0 Å². The summed E-state index contributed by atoms with van der Waals surface area (Å²) in [5.41, 5.74) is 0.868. The first-order chi connectivity index (χ1) is 15.5. The number of carbonyl (C=O) groups excluding carboxylic acids is 4. The second-order valence-electron chi connectivity index (χ2n) is 8.93. The lowest BCUT2D eigenvalue weighted by Gasteiger charge is -2.50. The Bertz CT molecular complexity index is 1180. The van der Waals surface area contributed by atoms with Crippen LogP contribution in [0.25, 0.3) is 0 Å². The number of rotatable bonds is 2. The van der Waals surface area contributed by atoms with Gasteiger partial charge in [-0.3, -0.25) is 29.0 Å². The molecule has 174 valence electrons. The quantitative estimate of drug-likeness (QED) is 0.236. The summed E-state index contributed by atoms with van der Waals surface area (Å²) in [4.78, 5) is 51.1. The molecule has 33 heavy (non-hydrogen) atoms. The molecule has 2 aliphatic heterocycles. The zero-order valence-electron chi connectivity index (χ0n) is 17.2. The highest BCUT2D eigenvalue weighted by Crippen LogP contribution is 2.66. The van der Waals surface area contributed by atoms with Crippen molar-refractivity contribution in [3.63, 3.8) is 0 Å². The number of halogens is 4. The van der Waals surface area contributed by atoms with Crippen LogP contribution in [0.3, 0.4) is 0 Å². The van der Waals surface area contributed by atoms with E-state index in [9.17, 15) is 24.3 Å². The van der Waals surface area contributed by atoms with Crippen LogP contribution >= 0.6 is 55.1 Å². The zero-order chi connectivity index (χ0) is 24.0. The van der Waals surface area contributed by atoms with Gasteiger partial charge in [0.05, 0.1) is 17.3 Å². The van der Waals surface area contributed by atoms with Gasteiger partial charge in [0.2, 0.25) is 11.8 Å².